The summed E-state index contributed by atoms with van der Waals surface area (Å²) >= 11 is 0. The lowest BCUT2D eigenvalue weighted by Crippen LogP contribution is -2.48. The second-order valence-corrected chi connectivity index (χ2v) is 6.57. The van der Waals surface area contributed by atoms with Crippen molar-refractivity contribution in [2.45, 2.75) is 46.2 Å². The summed E-state index contributed by atoms with van der Waals surface area (Å²) in [5, 5.41) is 7.50. The van der Waals surface area contributed by atoms with Crippen LogP contribution in [0.5, 0.6) is 0 Å². The quantitative estimate of drug-likeness (QED) is 0.933. The number of aryl methyl sites for hydroxylation is 3. The normalized spacial score (nSPS) is 17.8. The van der Waals surface area contributed by atoms with Crippen LogP contribution >= 0.6 is 0 Å². The third-order valence-corrected chi connectivity index (χ3v) is 4.38. The van der Waals surface area contributed by atoms with Gasteiger partial charge >= 0.3 is 0 Å². The minimum Gasteiger partial charge on any atom is -0.355 e. The van der Waals surface area contributed by atoms with Crippen molar-refractivity contribution < 1.29 is 4.79 Å². The number of hydrogen-bond donors (Lipinski definition) is 1. The molecule has 6 nitrogen and oxygen atoms in total. The van der Waals surface area contributed by atoms with Gasteiger partial charge in [-0.25, -0.2) is 4.98 Å². The van der Waals surface area contributed by atoms with E-state index in [1.54, 1.807) is 4.68 Å². The van der Waals surface area contributed by atoms with Crippen LogP contribution in [0.4, 0.5) is 5.82 Å². The monoisotopic (exact) mass is 327 g/mol. The minimum absolute atomic E-state index is 0.0188. The Morgan fingerprint density at radius 2 is 2.12 bits per heavy atom. The summed E-state index contributed by atoms with van der Waals surface area (Å²) < 4.78 is 1.76. The van der Waals surface area contributed by atoms with E-state index in [2.05, 4.69) is 20.3 Å². The molecule has 1 N–H and O–H groups in total. The van der Waals surface area contributed by atoms with Crippen LogP contribution < -0.4 is 10.2 Å². The Hall–Kier alpha value is -2.37. The summed E-state index contributed by atoms with van der Waals surface area (Å²) in [5.41, 5.74) is 2.97. The van der Waals surface area contributed by atoms with Gasteiger partial charge < -0.3 is 10.2 Å². The first-order valence-corrected chi connectivity index (χ1v) is 8.50. The van der Waals surface area contributed by atoms with Crippen molar-refractivity contribution >= 4 is 11.7 Å². The lowest BCUT2D eigenvalue weighted by atomic mass is 10.1. The molecule has 0 aromatic carbocycles. The Labute approximate surface area is 142 Å². The fourth-order valence-corrected chi connectivity index (χ4v) is 3.25. The number of aromatic nitrogens is 3. The number of amides is 1. The van der Waals surface area contributed by atoms with Gasteiger partial charge in [-0.3, -0.25) is 9.48 Å². The molecule has 2 aromatic heterocycles. The molecule has 2 aromatic rings. The lowest BCUT2D eigenvalue weighted by Gasteiger charge is -2.34. The van der Waals surface area contributed by atoms with Crippen molar-refractivity contribution in [3.63, 3.8) is 0 Å². The van der Waals surface area contributed by atoms with Gasteiger partial charge in [0.2, 0.25) is 5.91 Å². The third-order valence-electron chi connectivity index (χ3n) is 4.38. The number of anilines is 1. The molecule has 0 aliphatic carbocycles. The summed E-state index contributed by atoms with van der Waals surface area (Å²) in [7, 11) is 0. The molecule has 0 spiro atoms. The summed E-state index contributed by atoms with van der Waals surface area (Å²) in [5.74, 6) is 1.01. The van der Waals surface area contributed by atoms with Crippen molar-refractivity contribution in [3.05, 3.63) is 41.3 Å². The van der Waals surface area contributed by atoms with Gasteiger partial charge in [-0.1, -0.05) is 6.07 Å². The smallest absolute Gasteiger partial charge is 0.242 e. The van der Waals surface area contributed by atoms with Crippen LogP contribution in [-0.2, 0) is 11.3 Å². The van der Waals surface area contributed by atoms with Crippen LogP contribution in [-0.4, -0.2) is 39.8 Å². The highest BCUT2D eigenvalue weighted by molar-refractivity contribution is 5.76. The molecular weight excluding hydrogens is 302 g/mol. The predicted octanol–water partition coefficient (Wildman–Crippen LogP) is 1.99. The largest absolute Gasteiger partial charge is 0.355 e. The molecular formula is C18H25N5O. The zero-order valence-electron chi connectivity index (χ0n) is 14.6. The molecule has 1 aliphatic heterocycles. The van der Waals surface area contributed by atoms with E-state index in [1.165, 1.54) is 0 Å². The van der Waals surface area contributed by atoms with Gasteiger partial charge in [0, 0.05) is 30.5 Å². The summed E-state index contributed by atoms with van der Waals surface area (Å²) in [6, 6.07) is 8.21. The van der Waals surface area contributed by atoms with Crippen molar-refractivity contribution in [3.8, 4) is 0 Å². The van der Waals surface area contributed by atoms with Gasteiger partial charge in [0.05, 0.1) is 5.69 Å². The van der Waals surface area contributed by atoms with Gasteiger partial charge in [0.1, 0.15) is 12.4 Å². The van der Waals surface area contributed by atoms with Crippen molar-refractivity contribution in [2.75, 3.05) is 18.0 Å². The molecule has 6 heteroatoms. The molecule has 24 heavy (non-hydrogen) atoms. The molecule has 3 heterocycles. The number of nitrogens with one attached hydrogen (secondary N) is 1. The molecule has 0 radical (unpaired) electrons. The zero-order chi connectivity index (χ0) is 17.1. The molecule has 1 atom stereocenters. The number of nitrogens with zero attached hydrogens (tertiary/aromatic N) is 4. The first-order valence-electron chi connectivity index (χ1n) is 8.50. The topological polar surface area (TPSA) is 63.1 Å². The van der Waals surface area contributed by atoms with Gasteiger partial charge in [0.15, 0.2) is 0 Å². The highest BCUT2D eigenvalue weighted by atomic mass is 16.2. The van der Waals surface area contributed by atoms with E-state index in [0.29, 0.717) is 0 Å². The molecule has 1 unspecified atom stereocenters. The standard InChI is InChI=1S/C18H25N5O/c1-13-6-4-8-17(19-13)22-9-5-7-16(11-22)20-18(24)12-23-15(3)10-14(2)21-23/h4,6,8,10,16H,5,7,9,11-12H2,1-3H3,(H,20,24). The van der Waals surface area contributed by atoms with Crippen LogP contribution in [0.3, 0.4) is 0 Å². The zero-order valence-corrected chi connectivity index (χ0v) is 14.6. The molecule has 1 aliphatic rings. The molecule has 0 saturated carbocycles. The second kappa shape index (κ2) is 7.03. The van der Waals surface area contributed by atoms with Crippen LogP contribution in [0, 0.1) is 20.8 Å². The van der Waals surface area contributed by atoms with E-state index < -0.39 is 0 Å². The lowest BCUT2D eigenvalue weighted by molar-refractivity contribution is -0.122. The predicted molar refractivity (Wildman–Crippen MR) is 94.1 cm³/mol. The number of carbonyl (C=O) groups excluding carboxylic acids is 1. The van der Waals surface area contributed by atoms with Crippen LogP contribution in [0.25, 0.3) is 0 Å². The Morgan fingerprint density at radius 3 is 2.83 bits per heavy atom. The second-order valence-electron chi connectivity index (χ2n) is 6.57. The van der Waals surface area contributed by atoms with Gasteiger partial charge in [-0.15, -0.1) is 0 Å². The number of piperidine rings is 1. The molecule has 1 amide bonds. The third kappa shape index (κ3) is 3.93. The van der Waals surface area contributed by atoms with E-state index in [4.69, 9.17) is 0 Å². The number of hydrogen-bond acceptors (Lipinski definition) is 4. The first-order chi connectivity index (χ1) is 11.5. The fourth-order valence-electron chi connectivity index (χ4n) is 3.25. The number of pyridine rings is 1. The molecule has 1 saturated heterocycles. The summed E-state index contributed by atoms with van der Waals surface area (Å²) in [4.78, 5) is 19.2. The maximum Gasteiger partial charge on any atom is 0.242 e. The average molecular weight is 327 g/mol. The Balaban J connectivity index is 1.59. The minimum atomic E-state index is 0.0188. The summed E-state index contributed by atoms with van der Waals surface area (Å²) in [6.45, 7) is 7.98. The maximum absolute atomic E-state index is 12.3. The van der Waals surface area contributed by atoms with Gasteiger partial charge in [-0.05, 0) is 51.8 Å². The fraction of sp³-hybridized carbons (Fsp3) is 0.500. The van der Waals surface area contributed by atoms with Crippen molar-refractivity contribution in [2.24, 2.45) is 0 Å². The van der Waals surface area contributed by atoms with E-state index >= 15 is 0 Å². The van der Waals surface area contributed by atoms with Crippen molar-refractivity contribution in [1.29, 1.82) is 0 Å². The number of rotatable bonds is 4. The molecule has 0 bridgehead atoms. The Morgan fingerprint density at radius 1 is 1.29 bits per heavy atom. The van der Waals surface area contributed by atoms with Crippen LogP contribution in [0.15, 0.2) is 24.3 Å². The maximum atomic E-state index is 12.3. The molecule has 3 rings (SSSR count). The summed E-state index contributed by atoms with van der Waals surface area (Å²) in [6.07, 6.45) is 2.06. The molecule has 128 valence electrons. The van der Waals surface area contributed by atoms with Crippen LogP contribution in [0.1, 0.15) is 29.9 Å². The first kappa shape index (κ1) is 16.5. The van der Waals surface area contributed by atoms with E-state index in [1.807, 2.05) is 45.0 Å². The average Bonchev–Trinajstić information content (AvgIpc) is 2.85. The highest BCUT2D eigenvalue weighted by Crippen LogP contribution is 2.18. The number of carbonyl (C=O) groups is 1. The Kier molecular flexibility index (Phi) is 4.83. The SMILES string of the molecule is Cc1cccc(N2CCCC(NC(=O)Cn3nc(C)cc3C)C2)n1. The van der Waals surface area contributed by atoms with Gasteiger partial charge in [-0.2, -0.15) is 5.10 Å². The Bertz CT molecular complexity index is 724. The highest BCUT2D eigenvalue weighted by Gasteiger charge is 2.22. The van der Waals surface area contributed by atoms with Crippen molar-refractivity contribution in [1.82, 2.24) is 20.1 Å². The van der Waals surface area contributed by atoms with E-state index in [0.717, 1.165) is 48.8 Å². The molecule has 1 fully saturated rings. The van der Waals surface area contributed by atoms with E-state index in [9.17, 15) is 4.79 Å². The van der Waals surface area contributed by atoms with Gasteiger partial charge in [0.25, 0.3) is 0 Å². The van der Waals surface area contributed by atoms with Crippen LogP contribution in [0.2, 0.25) is 0 Å². The van der Waals surface area contributed by atoms with E-state index in [-0.39, 0.29) is 18.5 Å².